The number of fused-ring (bicyclic) bond motifs is 1. The van der Waals surface area contributed by atoms with E-state index in [2.05, 4.69) is 30.4 Å². The van der Waals surface area contributed by atoms with Crippen LogP contribution in [0.4, 0.5) is 17.3 Å². The van der Waals surface area contributed by atoms with E-state index in [9.17, 15) is 8.42 Å². The number of aromatic nitrogens is 4. The van der Waals surface area contributed by atoms with Crippen LogP contribution in [0.1, 0.15) is 29.5 Å². The normalized spacial score (nSPS) is 13.4. The Kier molecular flexibility index (Phi) is 6.50. The highest BCUT2D eigenvalue weighted by atomic mass is 32.2. The molecule has 2 aromatic carbocycles. The van der Waals surface area contributed by atoms with Crippen LogP contribution in [0.15, 0.2) is 45.1 Å². The molecule has 3 aromatic heterocycles. The molecule has 0 bridgehead atoms. The number of benzene rings is 2. The molecular formula is C26H26N6O6S2. The first kappa shape index (κ1) is 26.0. The Bertz CT molecular complexity index is 1800. The quantitative estimate of drug-likeness (QED) is 0.194. The summed E-state index contributed by atoms with van der Waals surface area (Å²) in [5.74, 6) is 1.78. The Hall–Kier alpha value is -4.30. The molecule has 3 N–H and O–H groups in total. The fraction of sp³-hybridized carbons (Fsp3) is 0.269. The maximum Gasteiger partial charge on any atom is 0.270 e. The highest BCUT2D eigenvalue weighted by Gasteiger charge is 2.29. The predicted molar refractivity (Wildman–Crippen MR) is 151 cm³/mol. The van der Waals surface area contributed by atoms with E-state index < -0.39 is 10.0 Å². The zero-order valence-corrected chi connectivity index (χ0v) is 23.7. The number of methoxy groups -OCH3 is 3. The summed E-state index contributed by atoms with van der Waals surface area (Å²) in [4.78, 5) is 4.30. The summed E-state index contributed by atoms with van der Waals surface area (Å²) in [6.45, 7) is 1.89. The molecule has 0 radical (unpaired) electrons. The smallest absolute Gasteiger partial charge is 0.270 e. The fourth-order valence-corrected chi connectivity index (χ4v) is 6.35. The van der Waals surface area contributed by atoms with Gasteiger partial charge in [-0.3, -0.25) is 9.82 Å². The molecule has 6 rings (SSSR count). The lowest BCUT2D eigenvalue weighted by Crippen LogP contribution is -2.16. The predicted octanol–water partition coefficient (Wildman–Crippen LogP) is 5.43. The van der Waals surface area contributed by atoms with E-state index in [-0.39, 0.29) is 22.2 Å². The van der Waals surface area contributed by atoms with Gasteiger partial charge in [-0.05, 0) is 38.0 Å². The second-order valence-electron chi connectivity index (χ2n) is 9.25. The van der Waals surface area contributed by atoms with Gasteiger partial charge in [0.1, 0.15) is 17.2 Å². The van der Waals surface area contributed by atoms with Crippen molar-refractivity contribution < 1.29 is 27.2 Å². The molecule has 0 amide bonds. The van der Waals surface area contributed by atoms with Gasteiger partial charge >= 0.3 is 0 Å². The number of H-pyrrole nitrogens is 1. The number of hydrogen-bond donors (Lipinski definition) is 3. The Morgan fingerprint density at radius 2 is 1.75 bits per heavy atom. The summed E-state index contributed by atoms with van der Waals surface area (Å²) in [6.07, 6.45) is 2.31. The second-order valence-corrected chi connectivity index (χ2v) is 11.9. The SMILES string of the molecule is COc1cc2c(NS(=O)(=O)c3c(OC)cc(-c4csc(C)n4)cc3OC)noc2cc1Nc1cc(C2CC2)[nH]n1. The molecule has 0 saturated heterocycles. The van der Waals surface area contributed by atoms with Crippen LogP contribution in [0.25, 0.3) is 22.2 Å². The summed E-state index contributed by atoms with van der Waals surface area (Å²) >= 11 is 1.49. The summed E-state index contributed by atoms with van der Waals surface area (Å²) in [7, 11) is 0.0574. The number of thiazole rings is 1. The molecular weight excluding hydrogens is 556 g/mol. The molecule has 0 aliphatic heterocycles. The Labute approximate surface area is 233 Å². The van der Waals surface area contributed by atoms with Crippen LogP contribution in [0, 0.1) is 6.92 Å². The van der Waals surface area contributed by atoms with Crippen LogP contribution in [0.5, 0.6) is 17.2 Å². The van der Waals surface area contributed by atoms with Gasteiger partial charge in [-0.1, -0.05) is 5.16 Å². The molecule has 14 heteroatoms. The van der Waals surface area contributed by atoms with Crippen molar-refractivity contribution in [1.82, 2.24) is 20.3 Å². The zero-order chi connectivity index (χ0) is 28.0. The van der Waals surface area contributed by atoms with E-state index >= 15 is 0 Å². The van der Waals surface area contributed by atoms with Crippen LogP contribution in [-0.2, 0) is 10.0 Å². The lowest BCUT2D eigenvalue weighted by Gasteiger charge is -2.15. The Balaban J connectivity index is 1.33. The molecule has 0 unspecified atom stereocenters. The van der Waals surface area contributed by atoms with Gasteiger partial charge in [0, 0.05) is 34.7 Å². The highest BCUT2D eigenvalue weighted by Crippen LogP contribution is 2.42. The summed E-state index contributed by atoms with van der Waals surface area (Å²) in [6, 6.07) is 8.50. The zero-order valence-electron chi connectivity index (χ0n) is 22.1. The molecule has 1 aliphatic rings. The number of ether oxygens (including phenoxy) is 3. The molecule has 0 atom stereocenters. The minimum Gasteiger partial charge on any atom is -0.495 e. The third-order valence-corrected chi connectivity index (χ3v) is 8.72. The van der Waals surface area contributed by atoms with Crippen molar-refractivity contribution in [3.63, 3.8) is 0 Å². The van der Waals surface area contributed by atoms with Gasteiger partial charge in [0.05, 0.1) is 43.1 Å². The van der Waals surface area contributed by atoms with Gasteiger partial charge in [-0.2, -0.15) is 5.10 Å². The van der Waals surface area contributed by atoms with E-state index in [1.165, 1.54) is 32.7 Å². The number of nitrogens with zero attached hydrogens (tertiary/aromatic N) is 3. The van der Waals surface area contributed by atoms with Gasteiger partial charge in [0.15, 0.2) is 22.1 Å². The third kappa shape index (κ3) is 4.79. The van der Waals surface area contributed by atoms with Crippen molar-refractivity contribution in [3.05, 3.63) is 46.4 Å². The molecule has 5 aromatic rings. The Morgan fingerprint density at radius 3 is 2.38 bits per heavy atom. The first-order valence-electron chi connectivity index (χ1n) is 12.3. The van der Waals surface area contributed by atoms with Gasteiger partial charge in [0.25, 0.3) is 10.0 Å². The number of sulfonamides is 1. The maximum absolute atomic E-state index is 13.7. The molecule has 3 heterocycles. The molecule has 1 saturated carbocycles. The number of anilines is 3. The van der Waals surface area contributed by atoms with Crippen molar-refractivity contribution >= 4 is 49.7 Å². The van der Waals surface area contributed by atoms with E-state index in [1.54, 1.807) is 24.3 Å². The second kappa shape index (κ2) is 10.0. The van der Waals surface area contributed by atoms with E-state index in [4.69, 9.17) is 18.7 Å². The molecule has 12 nitrogen and oxygen atoms in total. The van der Waals surface area contributed by atoms with Crippen LogP contribution in [-0.4, -0.2) is 50.1 Å². The van der Waals surface area contributed by atoms with Crippen molar-refractivity contribution in [2.45, 2.75) is 30.6 Å². The molecule has 208 valence electrons. The standard InChI is InChI=1S/C26H26N6O6S2/c1-13-27-19(12-39-13)15-7-22(36-3)25(23(8-15)37-4)40(33,34)32-26-16-9-21(35-2)18(10-20(16)38-31-26)28-24-11-17(29-30-24)14-5-6-14/h7-12,14H,5-6H2,1-4H3,(H,31,32)(H2,28,29,30). The first-order chi connectivity index (χ1) is 19.3. The van der Waals surface area contributed by atoms with Crippen LogP contribution in [0.3, 0.4) is 0 Å². The van der Waals surface area contributed by atoms with Crippen LogP contribution in [0.2, 0.25) is 0 Å². The van der Waals surface area contributed by atoms with Crippen molar-refractivity contribution in [1.29, 1.82) is 0 Å². The van der Waals surface area contributed by atoms with E-state index in [1.807, 2.05) is 18.4 Å². The molecule has 40 heavy (non-hydrogen) atoms. The largest absolute Gasteiger partial charge is 0.495 e. The fourth-order valence-electron chi connectivity index (χ4n) is 4.41. The van der Waals surface area contributed by atoms with Gasteiger partial charge in [0.2, 0.25) is 0 Å². The highest BCUT2D eigenvalue weighted by molar-refractivity contribution is 7.93. The van der Waals surface area contributed by atoms with E-state index in [0.717, 1.165) is 23.5 Å². The minimum atomic E-state index is -4.24. The van der Waals surface area contributed by atoms with Crippen molar-refractivity contribution in [2.75, 3.05) is 31.4 Å². The van der Waals surface area contributed by atoms with Gasteiger partial charge in [-0.25, -0.2) is 13.4 Å². The van der Waals surface area contributed by atoms with Crippen LogP contribution >= 0.6 is 11.3 Å². The number of aryl methyl sites for hydroxylation is 1. The van der Waals surface area contributed by atoms with Crippen molar-refractivity contribution in [2.24, 2.45) is 0 Å². The number of hydrogen-bond acceptors (Lipinski definition) is 11. The molecule has 1 fully saturated rings. The maximum atomic E-state index is 13.7. The van der Waals surface area contributed by atoms with Crippen molar-refractivity contribution in [3.8, 4) is 28.5 Å². The summed E-state index contributed by atoms with van der Waals surface area (Å²) in [5.41, 5.74) is 3.36. The average molecular weight is 583 g/mol. The van der Waals surface area contributed by atoms with Gasteiger partial charge in [-0.15, -0.1) is 11.3 Å². The molecule has 1 aliphatic carbocycles. The monoisotopic (exact) mass is 582 g/mol. The van der Waals surface area contributed by atoms with E-state index in [0.29, 0.717) is 45.4 Å². The number of nitrogens with one attached hydrogen (secondary N) is 3. The first-order valence-corrected chi connectivity index (χ1v) is 14.7. The summed E-state index contributed by atoms with van der Waals surface area (Å²) in [5, 5.41) is 17.7. The van der Waals surface area contributed by atoms with Gasteiger partial charge < -0.3 is 24.1 Å². The number of rotatable bonds is 10. The average Bonchev–Trinajstić information content (AvgIpc) is 3.34. The number of aromatic amines is 1. The Morgan fingerprint density at radius 1 is 1.02 bits per heavy atom. The lowest BCUT2D eigenvalue weighted by molar-refractivity contribution is 0.374. The topological polar surface area (TPSA) is 153 Å². The summed E-state index contributed by atoms with van der Waals surface area (Å²) < 4.78 is 51.8. The molecule has 0 spiro atoms. The lowest BCUT2D eigenvalue weighted by atomic mass is 10.1. The van der Waals surface area contributed by atoms with Crippen LogP contribution < -0.4 is 24.2 Å². The third-order valence-electron chi connectivity index (χ3n) is 6.54. The minimum absolute atomic E-state index is 0.0149.